The lowest BCUT2D eigenvalue weighted by molar-refractivity contribution is -0.133. The van der Waals surface area contributed by atoms with Gasteiger partial charge in [-0.1, -0.05) is 18.2 Å². The van der Waals surface area contributed by atoms with Crippen molar-refractivity contribution in [1.29, 1.82) is 0 Å². The molecule has 2 aromatic rings. The fourth-order valence-electron chi connectivity index (χ4n) is 3.45. The van der Waals surface area contributed by atoms with Crippen molar-refractivity contribution in [2.45, 2.75) is 25.3 Å². The van der Waals surface area contributed by atoms with Crippen molar-refractivity contribution in [2.24, 2.45) is 5.92 Å². The van der Waals surface area contributed by atoms with Crippen LogP contribution in [0.2, 0.25) is 0 Å². The van der Waals surface area contributed by atoms with Gasteiger partial charge in [-0.25, -0.2) is 0 Å². The van der Waals surface area contributed by atoms with Gasteiger partial charge in [0.25, 0.3) is 0 Å². The highest BCUT2D eigenvalue weighted by atomic mass is 35.5. The highest BCUT2D eigenvalue weighted by molar-refractivity contribution is 5.94. The first-order valence-electron chi connectivity index (χ1n) is 9.50. The summed E-state index contributed by atoms with van der Waals surface area (Å²) in [6.07, 6.45) is 5.90. The van der Waals surface area contributed by atoms with Crippen LogP contribution in [0.15, 0.2) is 48.8 Å². The Labute approximate surface area is 171 Å². The summed E-state index contributed by atoms with van der Waals surface area (Å²) >= 11 is 0. The third-order valence-corrected chi connectivity index (χ3v) is 5.16. The minimum absolute atomic E-state index is 0. The molecule has 1 aliphatic carbocycles. The minimum Gasteiger partial charge on any atom is -0.333 e. The summed E-state index contributed by atoms with van der Waals surface area (Å²) in [6.45, 7) is 2.23. The van der Waals surface area contributed by atoms with Crippen LogP contribution >= 0.6 is 12.4 Å². The standard InChI is InChI=1S/C21H24N4O2.ClH/c26-20(25-11-10-23-14-19(25)17-2-1-9-22-13-17)12-15-3-7-18(8-4-15)24-21(27)16-5-6-16;/h1-4,7-9,13,16,19,23H,5-6,10-12,14H2,(H,24,27);1H. The monoisotopic (exact) mass is 400 g/mol. The van der Waals surface area contributed by atoms with Crippen LogP contribution < -0.4 is 10.6 Å². The number of carbonyl (C=O) groups excluding carboxylic acids is 2. The van der Waals surface area contributed by atoms with Gasteiger partial charge < -0.3 is 15.5 Å². The molecular formula is C21H25ClN4O2. The molecule has 28 heavy (non-hydrogen) atoms. The van der Waals surface area contributed by atoms with Gasteiger partial charge in [0.1, 0.15) is 0 Å². The fraction of sp³-hybridized carbons (Fsp3) is 0.381. The van der Waals surface area contributed by atoms with Gasteiger partial charge in [-0.2, -0.15) is 0 Å². The second-order valence-corrected chi connectivity index (χ2v) is 7.23. The van der Waals surface area contributed by atoms with Gasteiger partial charge >= 0.3 is 0 Å². The number of carbonyl (C=O) groups is 2. The molecule has 4 rings (SSSR count). The van der Waals surface area contributed by atoms with Crippen LogP contribution in [0.5, 0.6) is 0 Å². The number of hydrogen-bond donors (Lipinski definition) is 2. The van der Waals surface area contributed by atoms with Crippen molar-refractivity contribution in [3.63, 3.8) is 0 Å². The first-order chi connectivity index (χ1) is 13.2. The van der Waals surface area contributed by atoms with Crippen LogP contribution in [-0.2, 0) is 16.0 Å². The molecule has 2 N–H and O–H groups in total. The van der Waals surface area contributed by atoms with Gasteiger partial charge in [0.15, 0.2) is 0 Å². The molecule has 1 saturated heterocycles. The summed E-state index contributed by atoms with van der Waals surface area (Å²) in [5.41, 5.74) is 2.79. The first kappa shape index (κ1) is 20.3. The van der Waals surface area contributed by atoms with Crippen LogP contribution in [-0.4, -0.2) is 41.3 Å². The van der Waals surface area contributed by atoms with Crippen LogP contribution in [0.4, 0.5) is 5.69 Å². The number of pyridine rings is 1. The topological polar surface area (TPSA) is 74.3 Å². The summed E-state index contributed by atoms with van der Waals surface area (Å²) in [6, 6.07) is 11.5. The van der Waals surface area contributed by atoms with E-state index in [4.69, 9.17) is 0 Å². The van der Waals surface area contributed by atoms with Crippen LogP contribution in [0.25, 0.3) is 0 Å². The van der Waals surface area contributed by atoms with Crippen molar-refractivity contribution in [2.75, 3.05) is 25.0 Å². The molecule has 2 fully saturated rings. The van der Waals surface area contributed by atoms with Gasteiger partial charge in [-0.3, -0.25) is 14.6 Å². The maximum atomic E-state index is 12.9. The lowest BCUT2D eigenvalue weighted by Crippen LogP contribution is -2.49. The van der Waals surface area contributed by atoms with Crippen LogP contribution in [0, 0.1) is 5.92 Å². The summed E-state index contributed by atoms with van der Waals surface area (Å²) in [5, 5.41) is 6.29. The molecule has 1 saturated carbocycles. The number of halogens is 1. The Balaban J connectivity index is 0.00000225. The number of amides is 2. The molecule has 1 aromatic heterocycles. The van der Waals surface area contributed by atoms with E-state index in [1.165, 1.54) is 0 Å². The lowest BCUT2D eigenvalue weighted by atomic mass is 10.0. The average molecular weight is 401 g/mol. The summed E-state index contributed by atoms with van der Waals surface area (Å²) in [7, 11) is 0. The zero-order valence-corrected chi connectivity index (χ0v) is 16.5. The van der Waals surface area contributed by atoms with E-state index in [1.54, 1.807) is 6.20 Å². The lowest BCUT2D eigenvalue weighted by Gasteiger charge is -2.36. The van der Waals surface area contributed by atoms with Crippen LogP contribution in [0.1, 0.15) is 30.0 Å². The molecule has 1 atom stereocenters. The van der Waals surface area contributed by atoms with E-state index in [0.29, 0.717) is 13.0 Å². The maximum absolute atomic E-state index is 12.9. The van der Waals surface area contributed by atoms with E-state index in [1.807, 2.05) is 47.5 Å². The zero-order chi connectivity index (χ0) is 18.6. The van der Waals surface area contributed by atoms with E-state index < -0.39 is 0 Å². The van der Waals surface area contributed by atoms with Gasteiger partial charge in [-0.05, 0) is 42.2 Å². The Morgan fingerprint density at radius 1 is 1.18 bits per heavy atom. The minimum atomic E-state index is 0. The Kier molecular flexibility index (Phi) is 6.65. The Bertz CT molecular complexity index is 809. The highest BCUT2D eigenvalue weighted by Crippen LogP contribution is 2.30. The molecule has 0 spiro atoms. The molecule has 6 nitrogen and oxygen atoms in total. The van der Waals surface area contributed by atoms with Crippen molar-refractivity contribution < 1.29 is 9.59 Å². The van der Waals surface area contributed by atoms with Crippen molar-refractivity contribution >= 4 is 29.9 Å². The summed E-state index contributed by atoms with van der Waals surface area (Å²) in [5.74, 6) is 0.391. The highest BCUT2D eigenvalue weighted by Gasteiger charge is 2.30. The molecule has 1 aromatic carbocycles. The molecule has 2 aliphatic rings. The van der Waals surface area contributed by atoms with E-state index in [9.17, 15) is 9.59 Å². The zero-order valence-electron chi connectivity index (χ0n) is 15.6. The summed E-state index contributed by atoms with van der Waals surface area (Å²) in [4.78, 5) is 30.9. The quantitative estimate of drug-likeness (QED) is 0.808. The first-order valence-corrected chi connectivity index (χ1v) is 9.50. The average Bonchev–Trinajstić information content (AvgIpc) is 3.55. The number of piperazine rings is 1. The van der Waals surface area contributed by atoms with Crippen molar-refractivity contribution in [3.8, 4) is 0 Å². The third kappa shape index (κ3) is 4.88. The van der Waals surface area contributed by atoms with Gasteiger partial charge in [0.2, 0.25) is 11.8 Å². The second kappa shape index (κ2) is 9.17. The van der Waals surface area contributed by atoms with Gasteiger partial charge in [0.05, 0.1) is 12.5 Å². The molecule has 1 unspecified atom stereocenters. The van der Waals surface area contributed by atoms with Crippen LogP contribution in [0.3, 0.4) is 0 Å². The van der Waals surface area contributed by atoms with E-state index >= 15 is 0 Å². The smallest absolute Gasteiger partial charge is 0.227 e. The Hall–Kier alpha value is -2.44. The predicted octanol–water partition coefficient (Wildman–Crippen LogP) is 2.57. The number of nitrogens with one attached hydrogen (secondary N) is 2. The van der Waals surface area contributed by atoms with Crippen molar-refractivity contribution in [3.05, 3.63) is 59.9 Å². The molecule has 148 valence electrons. The second-order valence-electron chi connectivity index (χ2n) is 7.23. The summed E-state index contributed by atoms with van der Waals surface area (Å²) < 4.78 is 0. The number of rotatable bonds is 5. The van der Waals surface area contributed by atoms with Gasteiger partial charge in [0, 0.05) is 43.6 Å². The molecule has 7 heteroatoms. The Morgan fingerprint density at radius 3 is 2.64 bits per heavy atom. The normalized spacial score (nSPS) is 18.9. The fourth-order valence-corrected chi connectivity index (χ4v) is 3.45. The number of benzene rings is 1. The Morgan fingerprint density at radius 2 is 1.96 bits per heavy atom. The van der Waals surface area contributed by atoms with E-state index in [-0.39, 0.29) is 36.2 Å². The molecular weight excluding hydrogens is 376 g/mol. The number of hydrogen-bond acceptors (Lipinski definition) is 4. The SMILES string of the molecule is Cl.O=C(Nc1ccc(CC(=O)N2CCNCC2c2cccnc2)cc1)C1CC1. The largest absolute Gasteiger partial charge is 0.333 e. The van der Waals surface area contributed by atoms with Gasteiger partial charge in [-0.15, -0.1) is 12.4 Å². The third-order valence-electron chi connectivity index (χ3n) is 5.16. The molecule has 2 amide bonds. The van der Waals surface area contributed by atoms with E-state index in [0.717, 1.165) is 42.7 Å². The number of aromatic nitrogens is 1. The molecule has 1 aliphatic heterocycles. The molecule has 0 radical (unpaired) electrons. The molecule has 2 heterocycles. The van der Waals surface area contributed by atoms with Crippen molar-refractivity contribution in [1.82, 2.24) is 15.2 Å². The number of anilines is 1. The van der Waals surface area contributed by atoms with E-state index in [2.05, 4.69) is 15.6 Å². The number of nitrogens with zero attached hydrogens (tertiary/aromatic N) is 2. The molecule has 0 bridgehead atoms. The maximum Gasteiger partial charge on any atom is 0.227 e. The predicted molar refractivity (Wildman–Crippen MR) is 110 cm³/mol.